The number of nitrogens with one attached hydrogen (secondary N) is 1. The van der Waals surface area contributed by atoms with E-state index >= 15 is 0 Å². The Morgan fingerprint density at radius 2 is 1.86 bits per heavy atom. The zero-order chi connectivity index (χ0) is 15.5. The van der Waals surface area contributed by atoms with E-state index in [1.807, 2.05) is 4.90 Å². The summed E-state index contributed by atoms with van der Waals surface area (Å²) in [7, 11) is -3.82. The highest BCUT2D eigenvalue weighted by Crippen LogP contribution is 2.19. The molecule has 0 unspecified atom stereocenters. The van der Waals surface area contributed by atoms with Gasteiger partial charge in [-0.25, -0.2) is 13.6 Å². The molecule has 0 spiro atoms. The lowest BCUT2D eigenvalue weighted by Gasteiger charge is -2.27. The number of benzene rings is 1. The van der Waals surface area contributed by atoms with Crippen molar-refractivity contribution in [2.45, 2.75) is 24.2 Å². The summed E-state index contributed by atoms with van der Waals surface area (Å²) in [5.74, 6) is -0.00530. The first-order valence-corrected chi connectivity index (χ1v) is 8.36. The molecule has 0 saturated carbocycles. The zero-order valence-corrected chi connectivity index (χ0v) is 12.5. The molecule has 8 heteroatoms. The molecule has 2 rings (SSSR count). The normalized spacial score (nSPS) is 15.8. The highest BCUT2D eigenvalue weighted by Gasteiger charge is 2.16. The standard InChI is InChI=1S/C13H20N4O3S/c14-10-6-11(8-12(7-10)21(15,19)20)16-9-13(18)17-4-2-1-3-5-17/h6-8,16H,1-5,9,14H2,(H2,15,19,20). The zero-order valence-electron chi connectivity index (χ0n) is 11.7. The molecule has 0 radical (unpaired) electrons. The third-order valence-electron chi connectivity index (χ3n) is 3.41. The predicted octanol–water partition coefficient (Wildman–Crippen LogP) is 0.341. The van der Waals surface area contributed by atoms with Crippen molar-refractivity contribution in [2.75, 3.05) is 30.7 Å². The lowest BCUT2D eigenvalue weighted by atomic mass is 10.1. The summed E-state index contributed by atoms with van der Waals surface area (Å²) in [6.45, 7) is 1.66. The minimum absolute atomic E-state index is 0.00530. The predicted molar refractivity (Wildman–Crippen MR) is 81.1 cm³/mol. The van der Waals surface area contributed by atoms with Gasteiger partial charge in [-0.1, -0.05) is 0 Å². The maximum atomic E-state index is 12.0. The number of hydrogen-bond donors (Lipinski definition) is 3. The van der Waals surface area contributed by atoms with Crippen molar-refractivity contribution in [3.8, 4) is 0 Å². The van der Waals surface area contributed by atoms with Gasteiger partial charge in [-0.3, -0.25) is 4.79 Å². The summed E-state index contributed by atoms with van der Waals surface area (Å²) in [6, 6.07) is 4.22. The van der Waals surface area contributed by atoms with Crippen LogP contribution in [0.2, 0.25) is 0 Å². The lowest BCUT2D eigenvalue weighted by molar-refractivity contribution is -0.130. The summed E-state index contributed by atoms with van der Waals surface area (Å²) in [5, 5.41) is 7.98. The Hall–Kier alpha value is -1.80. The van der Waals surface area contributed by atoms with Gasteiger partial charge in [0.05, 0.1) is 11.4 Å². The summed E-state index contributed by atoms with van der Waals surface area (Å²) in [5.41, 5.74) is 6.38. The minimum atomic E-state index is -3.82. The van der Waals surface area contributed by atoms with E-state index in [1.54, 1.807) is 6.07 Å². The van der Waals surface area contributed by atoms with Gasteiger partial charge in [-0.15, -0.1) is 0 Å². The second kappa shape index (κ2) is 6.31. The average Bonchev–Trinajstić information content (AvgIpc) is 2.44. The van der Waals surface area contributed by atoms with Crippen molar-refractivity contribution in [1.29, 1.82) is 0 Å². The number of amides is 1. The largest absolute Gasteiger partial charge is 0.399 e. The van der Waals surface area contributed by atoms with Crippen molar-refractivity contribution in [3.05, 3.63) is 18.2 Å². The van der Waals surface area contributed by atoms with Gasteiger partial charge in [0.1, 0.15) is 0 Å². The van der Waals surface area contributed by atoms with E-state index < -0.39 is 10.0 Å². The first kappa shape index (κ1) is 15.6. The third-order valence-corrected chi connectivity index (χ3v) is 4.30. The number of primary sulfonamides is 1. The van der Waals surface area contributed by atoms with E-state index in [0.29, 0.717) is 5.69 Å². The Balaban J connectivity index is 2.03. The second-order valence-corrected chi connectivity index (χ2v) is 6.69. The monoisotopic (exact) mass is 312 g/mol. The van der Waals surface area contributed by atoms with Crippen LogP contribution in [0.1, 0.15) is 19.3 Å². The van der Waals surface area contributed by atoms with Crippen LogP contribution in [0.25, 0.3) is 0 Å². The van der Waals surface area contributed by atoms with Crippen molar-refractivity contribution < 1.29 is 13.2 Å². The molecule has 116 valence electrons. The van der Waals surface area contributed by atoms with Crippen LogP contribution in [-0.2, 0) is 14.8 Å². The van der Waals surface area contributed by atoms with Crippen LogP contribution in [0.15, 0.2) is 23.1 Å². The number of rotatable bonds is 4. The number of carbonyl (C=O) groups excluding carboxylic acids is 1. The third kappa shape index (κ3) is 4.33. The molecule has 1 aromatic carbocycles. The fourth-order valence-corrected chi connectivity index (χ4v) is 2.91. The molecule has 1 aliphatic rings. The van der Waals surface area contributed by atoms with Crippen LogP contribution in [0, 0.1) is 0 Å². The fraction of sp³-hybridized carbons (Fsp3) is 0.462. The quantitative estimate of drug-likeness (QED) is 0.693. The number of anilines is 2. The summed E-state index contributed by atoms with van der Waals surface area (Å²) < 4.78 is 22.7. The molecule has 1 aromatic rings. The molecule has 1 saturated heterocycles. The number of sulfonamides is 1. The second-order valence-electron chi connectivity index (χ2n) is 5.13. The van der Waals surface area contributed by atoms with Crippen molar-refractivity contribution in [2.24, 2.45) is 5.14 Å². The van der Waals surface area contributed by atoms with Gasteiger partial charge in [0.25, 0.3) is 0 Å². The molecule has 0 atom stereocenters. The molecule has 5 N–H and O–H groups in total. The van der Waals surface area contributed by atoms with E-state index in [-0.39, 0.29) is 23.0 Å². The van der Waals surface area contributed by atoms with E-state index in [1.165, 1.54) is 12.1 Å². The molecule has 1 amide bonds. The molecular formula is C13H20N4O3S. The molecule has 1 aliphatic heterocycles. The van der Waals surface area contributed by atoms with Crippen LogP contribution in [0.3, 0.4) is 0 Å². The Labute approximate surface area is 124 Å². The van der Waals surface area contributed by atoms with Gasteiger partial charge in [0.15, 0.2) is 0 Å². The van der Waals surface area contributed by atoms with E-state index in [4.69, 9.17) is 10.9 Å². The van der Waals surface area contributed by atoms with E-state index in [2.05, 4.69) is 5.32 Å². The Bertz CT molecular complexity index is 624. The van der Waals surface area contributed by atoms with Crippen LogP contribution < -0.4 is 16.2 Å². The van der Waals surface area contributed by atoms with Crippen molar-refractivity contribution >= 4 is 27.3 Å². The SMILES string of the molecule is Nc1cc(NCC(=O)N2CCCCC2)cc(S(N)(=O)=O)c1. The average molecular weight is 312 g/mol. The molecule has 0 aromatic heterocycles. The summed E-state index contributed by atoms with van der Waals surface area (Å²) in [4.78, 5) is 13.8. The maximum absolute atomic E-state index is 12.0. The Morgan fingerprint density at radius 1 is 1.19 bits per heavy atom. The smallest absolute Gasteiger partial charge is 0.241 e. The number of carbonyl (C=O) groups is 1. The van der Waals surface area contributed by atoms with Gasteiger partial charge in [0, 0.05) is 24.5 Å². The number of nitrogens with two attached hydrogens (primary N) is 2. The Morgan fingerprint density at radius 3 is 2.48 bits per heavy atom. The van der Waals surface area contributed by atoms with Gasteiger partial charge < -0.3 is 16.0 Å². The maximum Gasteiger partial charge on any atom is 0.241 e. The molecule has 21 heavy (non-hydrogen) atoms. The molecule has 1 heterocycles. The van der Waals surface area contributed by atoms with Gasteiger partial charge >= 0.3 is 0 Å². The number of nitrogen functional groups attached to an aromatic ring is 1. The highest BCUT2D eigenvalue weighted by atomic mass is 32.2. The number of nitrogens with zero attached hydrogens (tertiary/aromatic N) is 1. The van der Waals surface area contributed by atoms with E-state index in [9.17, 15) is 13.2 Å². The molecule has 1 fully saturated rings. The molecule has 7 nitrogen and oxygen atoms in total. The highest BCUT2D eigenvalue weighted by molar-refractivity contribution is 7.89. The van der Waals surface area contributed by atoms with Crippen LogP contribution in [0.4, 0.5) is 11.4 Å². The molecule has 0 aliphatic carbocycles. The summed E-state index contributed by atoms with van der Waals surface area (Å²) in [6.07, 6.45) is 3.21. The fourth-order valence-electron chi connectivity index (χ4n) is 2.32. The number of hydrogen-bond acceptors (Lipinski definition) is 5. The summed E-state index contributed by atoms with van der Waals surface area (Å²) >= 11 is 0. The van der Waals surface area contributed by atoms with Crippen LogP contribution in [-0.4, -0.2) is 38.9 Å². The first-order chi connectivity index (χ1) is 9.86. The van der Waals surface area contributed by atoms with Gasteiger partial charge in [-0.2, -0.15) is 0 Å². The Kier molecular flexibility index (Phi) is 4.69. The van der Waals surface area contributed by atoms with Gasteiger partial charge in [0.2, 0.25) is 15.9 Å². The number of piperidine rings is 1. The molecular weight excluding hydrogens is 292 g/mol. The van der Waals surface area contributed by atoms with Crippen LogP contribution in [0.5, 0.6) is 0 Å². The van der Waals surface area contributed by atoms with Gasteiger partial charge in [-0.05, 0) is 37.5 Å². The number of likely N-dealkylation sites (tertiary alicyclic amines) is 1. The van der Waals surface area contributed by atoms with Crippen molar-refractivity contribution in [1.82, 2.24) is 4.90 Å². The van der Waals surface area contributed by atoms with E-state index in [0.717, 1.165) is 32.4 Å². The lowest BCUT2D eigenvalue weighted by Crippen LogP contribution is -2.39. The molecule has 0 bridgehead atoms. The first-order valence-electron chi connectivity index (χ1n) is 6.81. The van der Waals surface area contributed by atoms with Crippen LogP contribution >= 0.6 is 0 Å². The van der Waals surface area contributed by atoms with Crippen molar-refractivity contribution in [3.63, 3.8) is 0 Å². The minimum Gasteiger partial charge on any atom is -0.399 e. The topological polar surface area (TPSA) is 119 Å².